The lowest BCUT2D eigenvalue weighted by Crippen LogP contribution is -2.45. The van der Waals surface area contributed by atoms with Gasteiger partial charge >= 0.3 is 12.1 Å². The minimum atomic E-state index is -0.823. The highest BCUT2D eigenvalue weighted by atomic mass is 16.6. The van der Waals surface area contributed by atoms with E-state index in [0.29, 0.717) is 13.0 Å². The van der Waals surface area contributed by atoms with Gasteiger partial charge in [-0.1, -0.05) is 0 Å². The number of carbonyl (C=O) groups excluding carboxylic acids is 1. The molecule has 2 saturated heterocycles. The summed E-state index contributed by atoms with van der Waals surface area (Å²) in [5, 5.41) is 8.83. The maximum atomic E-state index is 11.3. The van der Waals surface area contributed by atoms with E-state index in [4.69, 9.17) is 9.84 Å². The predicted molar refractivity (Wildman–Crippen MR) is 46.8 cm³/mol. The van der Waals surface area contributed by atoms with Gasteiger partial charge in [-0.05, 0) is 19.8 Å². The highest BCUT2D eigenvalue weighted by Crippen LogP contribution is 2.30. The van der Waals surface area contributed by atoms with Crippen molar-refractivity contribution in [1.82, 2.24) is 4.90 Å². The molecule has 0 spiro atoms. The Morgan fingerprint density at radius 3 is 2.93 bits per heavy atom. The lowest BCUT2D eigenvalue weighted by atomic mass is 9.92. The number of rotatable bonds is 1. The maximum absolute atomic E-state index is 11.3. The summed E-state index contributed by atoms with van der Waals surface area (Å²) in [7, 11) is 0. The fourth-order valence-electron chi connectivity index (χ4n) is 2.20. The van der Waals surface area contributed by atoms with E-state index in [0.717, 1.165) is 6.42 Å². The molecule has 2 aliphatic heterocycles. The quantitative estimate of drug-likeness (QED) is 0.674. The Kier molecular flexibility index (Phi) is 2.09. The number of hydrogen-bond acceptors (Lipinski definition) is 3. The Morgan fingerprint density at radius 2 is 2.29 bits per heavy atom. The molecule has 2 rings (SSSR count). The third kappa shape index (κ3) is 1.32. The maximum Gasteiger partial charge on any atom is 0.410 e. The van der Waals surface area contributed by atoms with Crippen LogP contribution >= 0.6 is 0 Å². The zero-order valence-electron chi connectivity index (χ0n) is 7.97. The first-order valence-corrected chi connectivity index (χ1v) is 4.79. The van der Waals surface area contributed by atoms with E-state index in [1.165, 1.54) is 0 Å². The van der Waals surface area contributed by atoms with Crippen molar-refractivity contribution < 1.29 is 19.4 Å². The smallest absolute Gasteiger partial charge is 0.410 e. The van der Waals surface area contributed by atoms with Crippen LogP contribution in [-0.2, 0) is 9.53 Å². The molecule has 5 heteroatoms. The van der Waals surface area contributed by atoms with Gasteiger partial charge in [-0.25, -0.2) is 4.79 Å². The van der Waals surface area contributed by atoms with Gasteiger partial charge in [-0.3, -0.25) is 4.79 Å². The van der Waals surface area contributed by atoms with E-state index in [1.807, 2.05) is 6.92 Å². The van der Waals surface area contributed by atoms with Crippen LogP contribution in [0.4, 0.5) is 4.79 Å². The number of piperidine rings is 1. The average molecular weight is 199 g/mol. The summed E-state index contributed by atoms with van der Waals surface area (Å²) in [6, 6.07) is 0.0816. The molecular formula is C9H13NO4. The molecule has 0 bridgehead atoms. The van der Waals surface area contributed by atoms with Crippen molar-refractivity contribution in [2.45, 2.75) is 31.9 Å². The molecule has 0 saturated carbocycles. The first-order chi connectivity index (χ1) is 6.59. The molecule has 78 valence electrons. The summed E-state index contributed by atoms with van der Waals surface area (Å²) in [5.41, 5.74) is 0. The van der Waals surface area contributed by atoms with Crippen molar-refractivity contribution in [2.24, 2.45) is 5.92 Å². The molecule has 0 aromatic rings. The monoisotopic (exact) mass is 199 g/mol. The number of carboxylic acids is 1. The summed E-state index contributed by atoms with van der Waals surface area (Å²) in [6.07, 6.45) is 0.896. The second kappa shape index (κ2) is 3.15. The van der Waals surface area contributed by atoms with Crippen molar-refractivity contribution in [3.63, 3.8) is 0 Å². The van der Waals surface area contributed by atoms with Crippen molar-refractivity contribution in [3.05, 3.63) is 0 Å². The van der Waals surface area contributed by atoms with E-state index in [9.17, 15) is 9.59 Å². The van der Waals surface area contributed by atoms with Gasteiger partial charge in [-0.2, -0.15) is 0 Å². The Bertz CT molecular complexity index is 278. The second-order valence-corrected chi connectivity index (χ2v) is 3.92. The first-order valence-electron chi connectivity index (χ1n) is 4.79. The Labute approximate surface area is 81.6 Å². The molecule has 2 fully saturated rings. The third-order valence-corrected chi connectivity index (χ3v) is 3.04. The molecule has 1 unspecified atom stereocenters. The van der Waals surface area contributed by atoms with Crippen molar-refractivity contribution >= 4 is 12.1 Å². The number of cyclic esters (lactones) is 1. The van der Waals surface area contributed by atoms with Crippen LogP contribution in [0.15, 0.2) is 0 Å². The minimum Gasteiger partial charge on any atom is -0.481 e. The molecule has 0 aliphatic carbocycles. The van der Waals surface area contributed by atoms with Crippen LogP contribution in [0, 0.1) is 5.92 Å². The molecular weight excluding hydrogens is 186 g/mol. The number of amides is 1. The summed E-state index contributed by atoms with van der Waals surface area (Å²) >= 11 is 0. The molecule has 0 radical (unpaired) electrons. The number of carbonyl (C=O) groups is 2. The highest BCUT2D eigenvalue weighted by Gasteiger charge is 2.44. The van der Waals surface area contributed by atoms with Crippen molar-refractivity contribution in [1.29, 1.82) is 0 Å². The van der Waals surface area contributed by atoms with Crippen LogP contribution in [0.3, 0.4) is 0 Å². The van der Waals surface area contributed by atoms with E-state index in [-0.39, 0.29) is 18.2 Å². The van der Waals surface area contributed by atoms with Crippen molar-refractivity contribution in [2.75, 3.05) is 6.54 Å². The van der Waals surface area contributed by atoms with Crippen LogP contribution in [0.25, 0.3) is 0 Å². The number of aliphatic carboxylic acids is 1. The first kappa shape index (κ1) is 9.30. The van der Waals surface area contributed by atoms with Gasteiger partial charge in [0.2, 0.25) is 0 Å². The topological polar surface area (TPSA) is 66.8 Å². The second-order valence-electron chi connectivity index (χ2n) is 3.92. The number of fused-ring (bicyclic) bond motifs is 1. The summed E-state index contributed by atoms with van der Waals surface area (Å²) in [4.78, 5) is 23.6. The van der Waals surface area contributed by atoms with E-state index in [2.05, 4.69) is 0 Å². The number of hydrogen-bond donors (Lipinski definition) is 1. The fraction of sp³-hybridized carbons (Fsp3) is 0.778. The molecule has 14 heavy (non-hydrogen) atoms. The Hall–Kier alpha value is -1.26. The van der Waals surface area contributed by atoms with E-state index in [1.54, 1.807) is 4.90 Å². The summed E-state index contributed by atoms with van der Waals surface area (Å²) in [6.45, 7) is 2.15. The van der Waals surface area contributed by atoms with Gasteiger partial charge in [0.05, 0.1) is 12.0 Å². The standard InChI is InChI=1S/C9H13NO4/c1-5-7-3-2-6(8(11)12)4-10(7)9(13)14-5/h5-7H,2-4H2,1H3,(H,11,12)/t5?,6-,7+/m1/s1. The SMILES string of the molecule is CC1OC(=O)N2C[C@H](C(=O)O)CC[C@@H]12. The van der Waals surface area contributed by atoms with Gasteiger partial charge in [0, 0.05) is 6.54 Å². The fourth-order valence-corrected chi connectivity index (χ4v) is 2.20. The van der Waals surface area contributed by atoms with Gasteiger partial charge in [-0.15, -0.1) is 0 Å². The van der Waals surface area contributed by atoms with Crippen LogP contribution in [0.5, 0.6) is 0 Å². The van der Waals surface area contributed by atoms with Crippen LogP contribution in [-0.4, -0.2) is 40.8 Å². The zero-order chi connectivity index (χ0) is 10.3. The number of nitrogens with zero attached hydrogens (tertiary/aromatic N) is 1. The molecule has 0 aromatic heterocycles. The molecule has 1 amide bonds. The third-order valence-electron chi connectivity index (χ3n) is 3.04. The zero-order valence-corrected chi connectivity index (χ0v) is 7.97. The molecule has 0 aromatic carbocycles. The minimum absolute atomic E-state index is 0.0816. The Balaban J connectivity index is 2.09. The average Bonchev–Trinajstić information content (AvgIpc) is 2.42. The summed E-state index contributed by atoms with van der Waals surface area (Å²) < 4.78 is 5.03. The molecule has 5 nitrogen and oxygen atoms in total. The lowest BCUT2D eigenvalue weighted by molar-refractivity contribution is -0.143. The molecule has 2 heterocycles. The molecule has 1 N–H and O–H groups in total. The highest BCUT2D eigenvalue weighted by molar-refractivity contribution is 5.74. The predicted octanol–water partition coefficient (Wildman–Crippen LogP) is 0.690. The van der Waals surface area contributed by atoms with Crippen LogP contribution in [0.2, 0.25) is 0 Å². The van der Waals surface area contributed by atoms with E-state index >= 15 is 0 Å². The van der Waals surface area contributed by atoms with Crippen molar-refractivity contribution in [3.8, 4) is 0 Å². The Morgan fingerprint density at radius 1 is 1.57 bits per heavy atom. The molecule has 2 aliphatic rings. The normalized spacial score (nSPS) is 36.5. The summed E-state index contributed by atoms with van der Waals surface area (Å²) in [5.74, 6) is -1.25. The van der Waals surface area contributed by atoms with Gasteiger partial charge < -0.3 is 14.7 Å². The lowest BCUT2D eigenvalue weighted by Gasteiger charge is -2.31. The van der Waals surface area contributed by atoms with Gasteiger partial charge in [0.15, 0.2) is 0 Å². The van der Waals surface area contributed by atoms with E-state index < -0.39 is 11.9 Å². The number of carboxylic acid groups (broad SMARTS) is 1. The van der Waals surface area contributed by atoms with Gasteiger partial charge in [0.25, 0.3) is 0 Å². The van der Waals surface area contributed by atoms with Gasteiger partial charge in [0.1, 0.15) is 6.10 Å². The van der Waals surface area contributed by atoms with Crippen LogP contribution in [0.1, 0.15) is 19.8 Å². The number of ether oxygens (including phenoxy) is 1. The largest absolute Gasteiger partial charge is 0.481 e. The van der Waals surface area contributed by atoms with Crippen LogP contribution < -0.4 is 0 Å². The molecule has 3 atom stereocenters.